The van der Waals surface area contributed by atoms with Crippen LogP contribution in [0.25, 0.3) is 0 Å². The number of thiazole rings is 1. The molecule has 0 aliphatic carbocycles. The number of nitrogens with two attached hydrogens (primary N) is 1. The fourth-order valence-electron chi connectivity index (χ4n) is 1.82. The lowest BCUT2D eigenvalue weighted by molar-refractivity contribution is 0.306. The second kappa shape index (κ2) is 6.47. The molecule has 2 aromatic rings. The molecule has 0 saturated heterocycles. The smallest absolute Gasteiger partial charge is 0.221 e. The van der Waals surface area contributed by atoms with Gasteiger partial charge in [0.05, 0.1) is 23.4 Å². The second-order valence-electron chi connectivity index (χ2n) is 4.25. The summed E-state index contributed by atoms with van der Waals surface area (Å²) in [6.45, 7) is 4.68. The zero-order valence-corrected chi connectivity index (χ0v) is 12.0. The summed E-state index contributed by atoms with van der Waals surface area (Å²) in [6.07, 6.45) is 4.11. The van der Waals surface area contributed by atoms with Crippen LogP contribution in [0, 0.1) is 6.92 Å². The van der Waals surface area contributed by atoms with Crippen molar-refractivity contribution in [1.29, 1.82) is 0 Å². The van der Waals surface area contributed by atoms with E-state index >= 15 is 0 Å². The summed E-state index contributed by atoms with van der Waals surface area (Å²) in [6, 6.07) is 0. The zero-order chi connectivity index (χ0) is 13.7. The molecule has 0 atom stereocenters. The Morgan fingerprint density at radius 3 is 2.79 bits per heavy atom. The zero-order valence-electron chi connectivity index (χ0n) is 11.2. The quantitative estimate of drug-likeness (QED) is 0.878. The number of nitrogens with zero attached hydrogens (tertiary/aromatic N) is 3. The minimum atomic E-state index is 0.515. The molecule has 2 aromatic heterocycles. The number of nitrogen functional groups attached to an aromatic ring is 1. The molecule has 0 fully saturated rings. The van der Waals surface area contributed by atoms with Crippen molar-refractivity contribution >= 4 is 17.2 Å². The summed E-state index contributed by atoms with van der Waals surface area (Å²) in [7, 11) is 0. The van der Waals surface area contributed by atoms with Gasteiger partial charge in [0.25, 0.3) is 0 Å². The Hall–Kier alpha value is -1.69. The van der Waals surface area contributed by atoms with E-state index in [1.165, 1.54) is 11.2 Å². The average Bonchev–Trinajstić information content (AvgIpc) is 2.79. The number of ether oxygens (including phenoxy) is 1. The predicted octanol–water partition coefficient (Wildman–Crippen LogP) is 2.40. The summed E-state index contributed by atoms with van der Waals surface area (Å²) in [5, 5.41) is 0. The van der Waals surface area contributed by atoms with Crippen LogP contribution in [0.3, 0.4) is 0 Å². The fraction of sp³-hybridized carbons (Fsp3) is 0.462. The van der Waals surface area contributed by atoms with E-state index in [1.54, 1.807) is 11.3 Å². The van der Waals surface area contributed by atoms with Crippen molar-refractivity contribution in [3.8, 4) is 5.88 Å². The van der Waals surface area contributed by atoms with Gasteiger partial charge in [-0.25, -0.2) is 15.0 Å². The molecule has 0 aliphatic rings. The lowest BCUT2D eigenvalue weighted by Crippen LogP contribution is -2.08. The molecule has 2 N–H and O–H groups in total. The normalized spacial score (nSPS) is 10.6. The van der Waals surface area contributed by atoms with Crippen LogP contribution in [0.15, 0.2) is 11.8 Å². The highest BCUT2D eigenvalue weighted by atomic mass is 32.1. The predicted molar refractivity (Wildman–Crippen MR) is 76.5 cm³/mol. The van der Waals surface area contributed by atoms with E-state index < -0.39 is 0 Å². The molecule has 0 aromatic carbocycles. The summed E-state index contributed by atoms with van der Waals surface area (Å²) >= 11 is 1.65. The highest BCUT2D eigenvalue weighted by Gasteiger charge is 2.10. The largest absolute Gasteiger partial charge is 0.477 e. The Kier molecular flexibility index (Phi) is 4.68. The first-order valence-corrected chi connectivity index (χ1v) is 7.21. The number of hydrogen-bond donors (Lipinski definition) is 1. The van der Waals surface area contributed by atoms with Gasteiger partial charge in [-0.3, -0.25) is 0 Å². The summed E-state index contributed by atoms with van der Waals surface area (Å²) < 4.78 is 5.75. The van der Waals surface area contributed by atoms with E-state index in [0.717, 1.165) is 30.5 Å². The minimum Gasteiger partial charge on any atom is -0.477 e. The van der Waals surface area contributed by atoms with E-state index in [-0.39, 0.29) is 0 Å². The van der Waals surface area contributed by atoms with Crippen molar-refractivity contribution in [2.45, 2.75) is 33.1 Å². The van der Waals surface area contributed by atoms with Gasteiger partial charge in [-0.2, -0.15) is 0 Å². The number of hydrogen-bond acceptors (Lipinski definition) is 6. The van der Waals surface area contributed by atoms with Gasteiger partial charge in [0.1, 0.15) is 12.1 Å². The molecule has 5 nitrogen and oxygen atoms in total. The van der Waals surface area contributed by atoms with E-state index in [1.807, 2.05) is 12.4 Å². The van der Waals surface area contributed by atoms with Gasteiger partial charge in [0.15, 0.2) is 0 Å². The molecular formula is C13H18N4OS. The van der Waals surface area contributed by atoms with Crippen molar-refractivity contribution in [2.24, 2.45) is 0 Å². The Morgan fingerprint density at radius 2 is 2.11 bits per heavy atom. The van der Waals surface area contributed by atoms with Gasteiger partial charge < -0.3 is 10.5 Å². The Morgan fingerprint density at radius 1 is 1.26 bits per heavy atom. The second-order valence-corrected chi connectivity index (χ2v) is 5.19. The van der Waals surface area contributed by atoms with E-state index in [0.29, 0.717) is 18.3 Å². The van der Waals surface area contributed by atoms with Gasteiger partial charge >= 0.3 is 0 Å². The highest BCUT2D eigenvalue weighted by molar-refractivity contribution is 7.09. The number of aryl methyl sites for hydroxylation is 1. The van der Waals surface area contributed by atoms with Gasteiger partial charge in [0.2, 0.25) is 5.88 Å². The number of rotatable bonds is 6. The van der Waals surface area contributed by atoms with Gasteiger partial charge in [0, 0.05) is 11.3 Å². The molecule has 0 aliphatic heterocycles. The average molecular weight is 278 g/mol. The van der Waals surface area contributed by atoms with Gasteiger partial charge in [-0.15, -0.1) is 11.3 Å². The van der Waals surface area contributed by atoms with Crippen LogP contribution in [-0.2, 0) is 12.8 Å². The molecule has 19 heavy (non-hydrogen) atoms. The van der Waals surface area contributed by atoms with Crippen LogP contribution in [0.4, 0.5) is 5.82 Å². The molecule has 102 valence electrons. The van der Waals surface area contributed by atoms with Crippen molar-refractivity contribution in [3.05, 3.63) is 28.0 Å². The lowest BCUT2D eigenvalue weighted by Gasteiger charge is -2.10. The van der Waals surface area contributed by atoms with Crippen molar-refractivity contribution in [1.82, 2.24) is 15.0 Å². The number of anilines is 1. The maximum absolute atomic E-state index is 5.86. The molecule has 2 rings (SSSR count). The lowest BCUT2D eigenvalue weighted by atomic mass is 10.2. The molecule has 2 heterocycles. The van der Waals surface area contributed by atoms with Gasteiger partial charge in [-0.1, -0.05) is 13.3 Å². The SMILES string of the molecule is CCCc1c(N)ncnc1OCCc1scnc1C. The molecule has 0 amide bonds. The number of aromatic nitrogens is 3. The van der Waals surface area contributed by atoms with Crippen LogP contribution in [0.5, 0.6) is 5.88 Å². The molecule has 0 radical (unpaired) electrons. The minimum absolute atomic E-state index is 0.515. The summed E-state index contributed by atoms with van der Waals surface area (Å²) in [5.41, 5.74) is 9.70. The topological polar surface area (TPSA) is 73.9 Å². The van der Waals surface area contributed by atoms with Crippen LogP contribution in [-0.4, -0.2) is 21.6 Å². The standard InChI is InChI=1S/C13H18N4OS/c1-3-4-10-12(14)15-7-16-13(10)18-6-5-11-9(2)17-8-19-11/h7-8H,3-6H2,1-2H3,(H2,14,15,16). The third-order valence-corrected chi connectivity index (χ3v) is 3.85. The molecule has 0 saturated carbocycles. The van der Waals surface area contributed by atoms with Crippen LogP contribution >= 0.6 is 11.3 Å². The van der Waals surface area contributed by atoms with Crippen molar-refractivity contribution in [2.75, 3.05) is 12.3 Å². The molecule has 0 unspecified atom stereocenters. The Bertz CT molecular complexity index is 541. The summed E-state index contributed by atoms with van der Waals surface area (Å²) in [5.74, 6) is 1.12. The maximum atomic E-state index is 5.86. The fourth-order valence-corrected chi connectivity index (χ4v) is 2.59. The monoisotopic (exact) mass is 278 g/mol. The van der Waals surface area contributed by atoms with E-state index in [4.69, 9.17) is 10.5 Å². The highest BCUT2D eigenvalue weighted by Crippen LogP contribution is 2.21. The first-order chi connectivity index (χ1) is 9.22. The summed E-state index contributed by atoms with van der Waals surface area (Å²) in [4.78, 5) is 13.7. The van der Waals surface area contributed by atoms with Crippen molar-refractivity contribution in [3.63, 3.8) is 0 Å². The van der Waals surface area contributed by atoms with Gasteiger partial charge in [-0.05, 0) is 13.3 Å². The van der Waals surface area contributed by atoms with E-state index in [9.17, 15) is 0 Å². The van der Waals surface area contributed by atoms with Crippen LogP contribution < -0.4 is 10.5 Å². The molecule has 6 heteroatoms. The Balaban J connectivity index is 1.99. The van der Waals surface area contributed by atoms with Crippen LogP contribution in [0.2, 0.25) is 0 Å². The third kappa shape index (κ3) is 3.41. The first kappa shape index (κ1) is 13.7. The van der Waals surface area contributed by atoms with E-state index in [2.05, 4.69) is 21.9 Å². The van der Waals surface area contributed by atoms with Crippen molar-refractivity contribution < 1.29 is 4.74 Å². The van der Waals surface area contributed by atoms with Crippen LogP contribution in [0.1, 0.15) is 29.5 Å². The molecular weight excluding hydrogens is 260 g/mol. The Labute approximate surface area is 116 Å². The first-order valence-electron chi connectivity index (χ1n) is 6.33. The maximum Gasteiger partial charge on any atom is 0.221 e. The molecule has 0 bridgehead atoms. The third-order valence-electron chi connectivity index (χ3n) is 2.85. The molecule has 0 spiro atoms.